The lowest BCUT2D eigenvalue weighted by Gasteiger charge is -2.37. The number of rotatable bonds is 3. The second-order valence-electron chi connectivity index (χ2n) is 6.53. The number of fused-ring (bicyclic) bond motifs is 1. The van der Waals surface area contributed by atoms with E-state index in [9.17, 15) is 0 Å². The van der Waals surface area contributed by atoms with Gasteiger partial charge in [-0.2, -0.15) is 0 Å². The monoisotopic (exact) mass is 306 g/mol. The molecule has 4 heteroatoms. The molecule has 2 heterocycles. The minimum Gasteiger partial charge on any atom is -0.375 e. The maximum atomic E-state index is 5.99. The van der Waals surface area contributed by atoms with Crippen LogP contribution in [0.4, 0.5) is 0 Å². The van der Waals surface area contributed by atoms with Crippen molar-refractivity contribution in [1.82, 2.24) is 9.55 Å². The highest BCUT2D eigenvalue weighted by atomic mass is 35.5. The molecular weight excluding hydrogens is 284 g/mol. The average Bonchev–Trinajstić information content (AvgIpc) is 2.78. The number of nitrogens with zero attached hydrogens (tertiary/aromatic N) is 2. The molecule has 3 nitrogen and oxygen atoms in total. The summed E-state index contributed by atoms with van der Waals surface area (Å²) in [6.45, 7) is 7.27. The van der Waals surface area contributed by atoms with E-state index < -0.39 is 0 Å². The lowest BCUT2D eigenvalue weighted by Crippen LogP contribution is -2.35. The highest BCUT2D eigenvalue weighted by Crippen LogP contribution is 2.35. The number of aryl methyl sites for hydroxylation is 2. The van der Waals surface area contributed by atoms with Crippen LogP contribution in [0.1, 0.15) is 44.1 Å². The number of alkyl halides is 1. The van der Waals surface area contributed by atoms with Crippen molar-refractivity contribution in [3.8, 4) is 0 Å². The van der Waals surface area contributed by atoms with Crippen molar-refractivity contribution >= 4 is 22.6 Å². The van der Waals surface area contributed by atoms with E-state index in [1.54, 1.807) is 0 Å². The van der Waals surface area contributed by atoms with Crippen LogP contribution in [0.15, 0.2) is 18.2 Å². The summed E-state index contributed by atoms with van der Waals surface area (Å²) < 4.78 is 8.28. The molecule has 1 saturated heterocycles. The highest BCUT2D eigenvalue weighted by Gasteiger charge is 2.31. The van der Waals surface area contributed by atoms with Gasteiger partial charge in [0.2, 0.25) is 0 Å². The summed E-state index contributed by atoms with van der Waals surface area (Å²) in [5.41, 5.74) is 3.51. The van der Waals surface area contributed by atoms with Crippen LogP contribution in [-0.2, 0) is 11.2 Å². The van der Waals surface area contributed by atoms with Gasteiger partial charge in [0.25, 0.3) is 0 Å². The van der Waals surface area contributed by atoms with Crippen molar-refractivity contribution in [2.75, 3.05) is 12.5 Å². The standard InChI is InChI=1S/C17H23ClN2O/c1-12-5-4-6-14-16(12)19-15(7-9-18)20(14)13-8-10-21-17(2,3)11-13/h4-6,13H,7-11H2,1-3H3. The number of hydrogen-bond donors (Lipinski definition) is 0. The van der Waals surface area contributed by atoms with Gasteiger partial charge < -0.3 is 9.30 Å². The topological polar surface area (TPSA) is 27.1 Å². The molecular formula is C17H23ClN2O. The SMILES string of the molecule is Cc1cccc2c1nc(CCCl)n2C1CCOC(C)(C)C1. The number of aromatic nitrogens is 2. The van der Waals surface area contributed by atoms with Crippen LogP contribution in [-0.4, -0.2) is 27.6 Å². The number of para-hydroxylation sites is 1. The fourth-order valence-corrected chi connectivity index (χ4v) is 3.56. The largest absolute Gasteiger partial charge is 0.375 e. The van der Waals surface area contributed by atoms with E-state index in [4.69, 9.17) is 21.3 Å². The molecule has 21 heavy (non-hydrogen) atoms. The number of hydrogen-bond acceptors (Lipinski definition) is 2. The molecule has 0 spiro atoms. The summed E-state index contributed by atoms with van der Waals surface area (Å²) in [4.78, 5) is 4.86. The smallest absolute Gasteiger partial charge is 0.111 e. The van der Waals surface area contributed by atoms with Crippen molar-refractivity contribution in [3.05, 3.63) is 29.6 Å². The predicted octanol–water partition coefficient (Wildman–Crippen LogP) is 4.26. The maximum Gasteiger partial charge on any atom is 0.111 e. The summed E-state index contributed by atoms with van der Waals surface area (Å²) in [5.74, 6) is 1.71. The Balaban J connectivity index is 2.11. The molecule has 1 aliphatic heterocycles. The van der Waals surface area contributed by atoms with Crippen LogP contribution in [0, 0.1) is 6.92 Å². The lowest BCUT2D eigenvalue weighted by molar-refractivity contribution is -0.0688. The summed E-state index contributed by atoms with van der Waals surface area (Å²) >= 11 is 5.99. The molecule has 1 aromatic heterocycles. The van der Waals surface area contributed by atoms with E-state index in [1.807, 2.05) is 0 Å². The first-order chi connectivity index (χ1) is 10.0. The van der Waals surface area contributed by atoms with Crippen LogP contribution in [0.5, 0.6) is 0 Å². The normalized spacial score (nSPS) is 21.8. The molecule has 114 valence electrons. The zero-order valence-corrected chi connectivity index (χ0v) is 13.8. The zero-order valence-electron chi connectivity index (χ0n) is 13.0. The van der Waals surface area contributed by atoms with Gasteiger partial charge in [-0.05, 0) is 45.2 Å². The van der Waals surface area contributed by atoms with Crippen molar-refractivity contribution < 1.29 is 4.74 Å². The Morgan fingerprint density at radius 3 is 2.95 bits per heavy atom. The first-order valence-electron chi connectivity index (χ1n) is 7.68. The minimum absolute atomic E-state index is 0.0679. The quantitative estimate of drug-likeness (QED) is 0.792. The van der Waals surface area contributed by atoms with Crippen LogP contribution < -0.4 is 0 Å². The van der Waals surface area contributed by atoms with Crippen molar-refractivity contribution in [1.29, 1.82) is 0 Å². The minimum atomic E-state index is -0.0679. The van der Waals surface area contributed by atoms with Crippen LogP contribution >= 0.6 is 11.6 Å². The van der Waals surface area contributed by atoms with Crippen molar-refractivity contribution in [3.63, 3.8) is 0 Å². The lowest BCUT2D eigenvalue weighted by atomic mass is 9.93. The number of imidazole rings is 1. The molecule has 0 amide bonds. The average molecular weight is 307 g/mol. The second-order valence-corrected chi connectivity index (χ2v) is 6.91. The second kappa shape index (κ2) is 5.62. The van der Waals surface area contributed by atoms with Crippen LogP contribution in [0.25, 0.3) is 11.0 Å². The Morgan fingerprint density at radius 2 is 2.24 bits per heavy atom. The summed E-state index contributed by atoms with van der Waals surface area (Å²) in [6, 6.07) is 6.86. The Bertz CT molecular complexity index is 648. The molecule has 1 aliphatic rings. The van der Waals surface area contributed by atoms with Gasteiger partial charge in [-0.15, -0.1) is 11.6 Å². The van der Waals surface area contributed by atoms with E-state index in [1.165, 1.54) is 11.1 Å². The molecule has 1 atom stereocenters. The first kappa shape index (κ1) is 14.9. The van der Waals surface area contributed by atoms with Gasteiger partial charge in [-0.25, -0.2) is 4.98 Å². The van der Waals surface area contributed by atoms with E-state index in [0.717, 1.165) is 37.2 Å². The highest BCUT2D eigenvalue weighted by molar-refractivity contribution is 6.17. The van der Waals surface area contributed by atoms with E-state index in [-0.39, 0.29) is 5.60 Å². The van der Waals surface area contributed by atoms with Crippen molar-refractivity contribution in [2.24, 2.45) is 0 Å². The third-order valence-electron chi connectivity index (χ3n) is 4.35. The third-order valence-corrected chi connectivity index (χ3v) is 4.54. The molecule has 0 aliphatic carbocycles. The zero-order chi connectivity index (χ0) is 15.0. The van der Waals surface area contributed by atoms with E-state index >= 15 is 0 Å². The van der Waals surface area contributed by atoms with Gasteiger partial charge in [-0.3, -0.25) is 0 Å². The third kappa shape index (κ3) is 2.82. The number of ether oxygens (including phenoxy) is 1. The van der Waals surface area contributed by atoms with Gasteiger partial charge >= 0.3 is 0 Å². The van der Waals surface area contributed by atoms with Gasteiger partial charge in [-0.1, -0.05) is 12.1 Å². The molecule has 3 rings (SSSR count). The maximum absolute atomic E-state index is 5.99. The van der Waals surface area contributed by atoms with E-state index in [0.29, 0.717) is 11.9 Å². The fraction of sp³-hybridized carbons (Fsp3) is 0.588. The molecule has 0 saturated carbocycles. The molecule has 1 unspecified atom stereocenters. The molecule has 0 radical (unpaired) electrons. The molecule has 1 aromatic carbocycles. The van der Waals surface area contributed by atoms with Gasteiger partial charge in [0.05, 0.1) is 16.6 Å². The number of halogens is 1. The molecule has 0 N–H and O–H groups in total. The first-order valence-corrected chi connectivity index (χ1v) is 8.21. The predicted molar refractivity (Wildman–Crippen MR) is 87.2 cm³/mol. The number of benzene rings is 1. The Labute approximate surface area is 131 Å². The Kier molecular flexibility index (Phi) is 3.98. The van der Waals surface area contributed by atoms with E-state index in [2.05, 4.69) is 43.5 Å². The summed E-state index contributed by atoms with van der Waals surface area (Å²) in [5, 5.41) is 0. The van der Waals surface area contributed by atoms with Gasteiger partial charge in [0.15, 0.2) is 0 Å². The molecule has 0 bridgehead atoms. The van der Waals surface area contributed by atoms with Gasteiger partial charge in [0, 0.05) is 24.9 Å². The Hall–Kier alpha value is -1.06. The van der Waals surface area contributed by atoms with Crippen LogP contribution in [0.2, 0.25) is 0 Å². The molecule has 1 fully saturated rings. The summed E-state index contributed by atoms with van der Waals surface area (Å²) in [7, 11) is 0. The van der Waals surface area contributed by atoms with Gasteiger partial charge in [0.1, 0.15) is 5.82 Å². The molecule has 2 aromatic rings. The van der Waals surface area contributed by atoms with Crippen molar-refractivity contribution in [2.45, 2.75) is 51.7 Å². The fourth-order valence-electron chi connectivity index (χ4n) is 3.39. The summed E-state index contributed by atoms with van der Waals surface area (Å²) in [6.07, 6.45) is 2.87. The Morgan fingerprint density at radius 1 is 1.43 bits per heavy atom. The van der Waals surface area contributed by atoms with Crippen LogP contribution in [0.3, 0.4) is 0 Å².